The van der Waals surface area contributed by atoms with Gasteiger partial charge in [-0.15, -0.1) is 22.9 Å². The molecule has 4 aromatic rings. The van der Waals surface area contributed by atoms with Gasteiger partial charge in [-0.1, -0.05) is 42.5 Å². The average Bonchev–Trinajstić information content (AvgIpc) is 2.53. The van der Waals surface area contributed by atoms with Crippen LogP contribution < -0.4 is 4.74 Å². The van der Waals surface area contributed by atoms with E-state index in [0.29, 0.717) is 0 Å². The maximum Gasteiger partial charge on any atom is 0.0647 e. The van der Waals surface area contributed by atoms with Gasteiger partial charge in [0, 0.05) is 32.1 Å². The summed E-state index contributed by atoms with van der Waals surface area (Å²) in [5.41, 5.74) is 0.990. The van der Waals surface area contributed by atoms with Crippen molar-refractivity contribution in [3.8, 4) is 5.75 Å². The Bertz CT molecular complexity index is 949. The topological polar surface area (TPSA) is 22.1 Å². The number of methoxy groups -OCH3 is 1. The molecule has 1 aromatic heterocycles. The van der Waals surface area contributed by atoms with Crippen molar-refractivity contribution in [2.45, 2.75) is 0 Å². The van der Waals surface area contributed by atoms with Crippen LogP contribution in [-0.4, -0.2) is 12.1 Å². The van der Waals surface area contributed by atoms with Crippen LogP contribution in [0, 0.1) is 6.07 Å². The molecule has 0 aliphatic rings. The van der Waals surface area contributed by atoms with E-state index in [2.05, 4.69) is 41.4 Å². The summed E-state index contributed by atoms with van der Waals surface area (Å²) in [5.74, 6) is 0.817. The Balaban J connectivity index is 0.00000132. The molecule has 2 nitrogen and oxygen atoms in total. The number of pyridine rings is 1. The summed E-state index contributed by atoms with van der Waals surface area (Å²) in [6.45, 7) is 0. The maximum atomic E-state index is 5.25. The van der Waals surface area contributed by atoms with Gasteiger partial charge in [0.05, 0.1) is 7.11 Å². The molecule has 0 aliphatic heterocycles. The van der Waals surface area contributed by atoms with Crippen molar-refractivity contribution in [1.82, 2.24) is 4.98 Å². The van der Waals surface area contributed by atoms with Crippen LogP contribution in [0.1, 0.15) is 0 Å². The van der Waals surface area contributed by atoms with E-state index in [9.17, 15) is 0 Å². The molecule has 0 amide bonds. The minimum Gasteiger partial charge on any atom is -0.540 e. The number of rotatable bonds is 1. The van der Waals surface area contributed by atoms with Crippen LogP contribution in [0.15, 0.2) is 54.7 Å². The van der Waals surface area contributed by atoms with Crippen LogP contribution in [0.3, 0.4) is 0 Å². The molecule has 4 rings (SSSR count). The normalized spacial score (nSPS) is 10.7. The van der Waals surface area contributed by atoms with E-state index in [-0.39, 0.29) is 20.1 Å². The molecule has 0 atom stereocenters. The van der Waals surface area contributed by atoms with Gasteiger partial charge in [-0.2, -0.15) is 0 Å². The van der Waals surface area contributed by atoms with Gasteiger partial charge in [-0.3, -0.25) is 0 Å². The van der Waals surface area contributed by atoms with E-state index < -0.39 is 0 Å². The molecule has 3 heteroatoms. The van der Waals surface area contributed by atoms with Gasteiger partial charge in [0.1, 0.15) is 0 Å². The van der Waals surface area contributed by atoms with Gasteiger partial charge >= 0.3 is 0 Å². The third kappa shape index (κ3) is 2.19. The summed E-state index contributed by atoms with van der Waals surface area (Å²) in [4.78, 5) is 4.62. The summed E-state index contributed by atoms with van der Waals surface area (Å²) in [6, 6.07) is 19.7. The molecule has 105 valence electrons. The average molecular weight is 451 g/mol. The van der Waals surface area contributed by atoms with Crippen LogP contribution in [0.4, 0.5) is 0 Å². The number of fused-ring (bicyclic) bond motifs is 5. The molecule has 1 radical (unpaired) electrons. The summed E-state index contributed by atoms with van der Waals surface area (Å²) in [5, 5.41) is 5.68. The Kier molecular flexibility index (Phi) is 3.62. The zero-order valence-corrected chi connectivity index (χ0v) is 13.8. The second kappa shape index (κ2) is 5.44. The fourth-order valence-corrected chi connectivity index (χ4v) is 2.68. The molecule has 0 fully saturated rings. The SMILES string of the molecule is COc1c[c-]c2c(ccc3c4ccccc4cnc23)c1.[Ir]. The van der Waals surface area contributed by atoms with E-state index in [1.165, 1.54) is 5.39 Å². The molecule has 0 unspecified atom stereocenters. The van der Waals surface area contributed by atoms with E-state index in [1.54, 1.807) is 7.11 Å². The molecule has 0 saturated carbocycles. The van der Waals surface area contributed by atoms with Gasteiger partial charge < -0.3 is 9.72 Å². The van der Waals surface area contributed by atoms with Gasteiger partial charge in [0.25, 0.3) is 0 Å². The van der Waals surface area contributed by atoms with Crippen LogP contribution in [0.25, 0.3) is 32.4 Å². The molecule has 0 saturated heterocycles. The number of ether oxygens (including phenoxy) is 1. The molecular formula is C18H12IrNO-. The van der Waals surface area contributed by atoms with Crippen LogP contribution in [0.5, 0.6) is 5.75 Å². The van der Waals surface area contributed by atoms with Crippen molar-refractivity contribution in [3.63, 3.8) is 0 Å². The predicted octanol–water partition coefficient (Wildman–Crippen LogP) is 4.35. The number of nitrogens with zero attached hydrogens (tertiary/aromatic N) is 1. The Morgan fingerprint density at radius 1 is 1.00 bits per heavy atom. The third-order valence-corrected chi connectivity index (χ3v) is 3.69. The van der Waals surface area contributed by atoms with Crippen molar-refractivity contribution in [2.75, 3.05) is 7.11 Å². The smallest absolute Gasteiger partial charge is 0.0647 e. The zero-order chi connectivity index (χ0) is 13.5. The second-order valence-corrected chi connectivity index (χ2v) is 4.81. The number of hydrogen-bond donors (Lipinski definition) is 0. The van der Waals surface area contributed by atoms with Crippen LogP contribution in [-0.2, 0) is 20.1 Å². The number of hydrogen-bond acceptors (Lipinski definition) is 2. The first-order valence-electron chi connectivity index (χ1n) is 6.53. The summed E-state index contributed by atoms with van der Waals surface area (Å²) in [7, 11) is 1.67. The first kappa shape index (κ1) is 14.0. The number of aromatic nitrogens is 1. The Morgan fingerprint density at radius 3 is 2.71 bits per heavy atom. The largest absolute Gasteiger partial charge is 0.540 e. The van der Waals surface area contributed by atoms with Crippen molar-refractivity contribution in [3.05, 3.63) is 60.8 Å². The molecule has 0 bridgehead atoms. The summed E-state index contributed by atoms with van der Waals surface area (Å²) >= 11 is 0. The third-order valence-electron chi connectivity index (χ3n) is 3.69. The molecule has 1 heterocycles. The van der Waals surface area contributed by atoms with Crippen molar-refractivity contribution >= 4 is 32.4 Å². The molecule has 0 spiro atoms. The fraction of sp³-hybridized carbons (Fsp3) is 0.0556. The maximum absolute atomic E-state index is 5.25. The standard InChI is InChI=1S/C18H12NO.Ir/c1-20-14-7-9-16-12(10-14)6-8-17-15-5-3-2-4-13(15)11-19-18(16)17;/h2-8,10-11H,1H3;/q-1;. The molecule has 0 aliphatic carbocycles. The number of benzene rings is 3. The summed E-state index contributed by atoms with van der Waals surface area (Å²) in [6.07, 6.45) is 1.93. The minimum atomic E-state index is 0. The summed E-state index contributed by atoms with van der Waals surface area (Å²) < 4.78 is 5.25. The zero-order valence-electron chi connectivity index (χ0n) is 11.4. The van der Waals surface area contributed by atoms with Crippen molar-refractivity contribution in [2.24, 2.45) is 0 Å². The van der Waals surface area contributed by atoms with Gasteiger partial charge in [-0.25, -0.2) is 0 Å². The van der Waals surface area contributed by atoms with E-state index in [1.807, 2.05) is 24.4 Å². The first-order chi connectivity index (χ1) is 9.86. The van der Waals surface area contributed by atoms with Gasteiger partial charge in [0.2, 0.25) is 0 Å². The fourth-order valence-electron chi connectivity index (χ4n) is 2.68. The van der Waals surface area contributed by atoms with Gasteiger partial charge in [-0.05, 0) is 21.7 Å². The van der Waals surface area contributed by atoms with Crippen LogP contribution in [0.2, 0.25) is 0 Å². The van der Waals surface area contributed by atoms with Gasteiger partial charge in [0.15, 0.2) is 0 Å². The minimum absolute atomic E-state index is 0. The van der Waals surface area contributed by atoms with Crippen LogP contribution >= 0.6 is 0 Å². The molecule has 21 heavy (non-hydrogen) atoms. The van der Waals surface area contributed by atoms with E-state index in [4.69, 9.17) is 4.74 Å². The molecule has 0 N–H and O–H groups in total. The predicted molar refractivity (Wildman–Crippen MR) is 82.1 cm³/mol. The molecule has 3 aromatic carbocycles. The Labute approximate surface area is 136 Å². The molecular weight excluding hydrogens is 438 g/mol. The Morgan fingerprint density at radius 2 is 1.86 bits per heavy atom. The quantitative estimate of drug-likeness (QED) is 0.318. The first-order valence-corrected chi connectivity index (χ1v) is 6.53. The monoisotopic (exact) mass is 451 g/mol. The second-order valence-electron chi connectivity index (χ2n) is 4.81. The van der Waals surface area contributed by atoms with E-state index >= 15 is 0 Å². The van der Waals surface area contributed by atoms with E-state index in [0.717, 1.165) is 32.8 Å². The van der Waals surface area contributed by atoms with Crippen molar-refractivity contribution in [1.29, 1.82) is 0 Å². The van der Waals surface area contributed by atoms with Crippen molar-refractivity contribution < 1.29 is 24.8 Å². The Hall–Kier alpha value is -1.96.